The quantitative estimate of drug-likeness (QED) is 0.147. The topological polar surface area (TPSA) is 70.4 Å². The second-order valence-electron chi connectivity index (χ2n) is 0.887. The Labute approximate surface area is 57.6 Å². The van der Waals surface area contributed by atoms with Crippen LogP contribution < -0.4 is 16.1 Å². The van der Waals surface area contributed by atoms with E-state index in [0.29, 0.717) is 4.41 Å². The number of hydrogen-bond donors (Lipinski definition) is 5. The molecule has 0 aromatic carbocycles. The molecular weight excluding hydrogens is 148 g/mol. The van der Waals surface area contributed by atoms with Gasteiger partial charge in [0.15, 0.2) is 0 Å². The van der Waals surface area contributed by atoms with Gasteiger partial charge in [0, 0.05) is 0 Å². The summed E-state index contributed by atoms with van der Waals surface area (Å²) in [4.78, 5) is 12.3. The largest absolute Gasteiger partial charge is 0.356 e. The first-order chi connectivity index (χ1) is 3.68. The number of nitrogens with two attached hydrogens (primary N) is 1. The van der Waals surface area contributed by atoms with Gasteiger partial charge in [0.2, 0.25) is 0 Å². The van der Waals surface area contributed by atoms with Crippen molar-refractivity contribution >= 4 is 31.7 Å². The fraction of sp³-hybridized carbons (Fsp3) is 0. The minimum Gasteiger partial charge on any atom is -0.262 e. The van der Waals surface area contributed by atoms with Crippen molar-refractivity contribution in [2.45, 2.75) is 0 Å². The zero-order valence-corrected chi connectivity index (χ0v) is 5.62. The van der Waals surface area contributed by atoms with Gasteiger partial charge in [-0.15, -0.1) is 0 Å². The van der Waals surface area contributed by atoms with Crippen molar-refractivity contribution in [2.24, 2.45) is 5.84 Å². The van der Waals surface area contributed by atoms with Crippen molar-refractivity contribution in [3.63, 3.8) is 0 Å². The van der Waals surface area contributed by atoms with Gasteiger partial charge in [-0.05, 0) is 12.8 Å². The summed E-state index contributed by atoms with van der Waals surface area (Å²) in [7, 11) is 0. The summed E-state index contributed by atoms with van der Waals surface area (Å²) in [5.41, 5.74) is 2.04. The highest BCUT2D eigenvalue weighted by Gasteiger charge is 1.99. The van der Waals surface area contributed by atoms with E-state index in [0.717, 1.165) is 0 Å². The van der Waals surface area contributed by atoms with Crippen LogP contribution in [0.15, 0.2) is 0 Å². The molecule has 0 spiro atoms. The molecule has 8 heavy (non-hydrogen) atoms. The lowest BCUT2D eigenvalue weighted by molar-refractivity contribution is 0.226. The standard InChI is InChI=1S/CH6N4OS2/c2-5(8)1(6)3-4-7/h4,7-8H,2H2,(H,3,6). The molecule has 0 aromatic rings. The number of carbonyl (C=O) groups excluding carboxylic acids is 1. The maximum Gasteiger partial charge on any atom is 0.356 e. The van der Waals surface area contributed by atoms with Crippen LogP contribution in [0.5, 0.6) is 0 Å². The molecular formula is CH6N4OS2. The predicted molar refractivity (Wildman–Crippen MR) is 35.7 cm³/mol. The average Bonchev–Trinajstić information content (AvgIpc) is 1.67. The number of carbonyl (C=O) groups is 1. The fourth-order valence-corrected chi connectivity index (χ4v) is 0.251. The van der Waals surface area contributed by atoms with Crippen molar-refractivity contribution in [2.75, 3.05) is 0 Å². The lowest BCUT2D eigenvalue weighted by Gasteiger charge is -2.06. The maximum absolute atomic E-state index is 10.2. The fourth-order valence-electron chi connectivity index (χ4n) is 0.105. The SMILES string of the molecule is NN(S)C(=O)NNS. The Hall–Kier alpha value is -0.110. The minimum absolute atomic E-state index is 0.580. The molecule has 0 aromatic heterocycles. The first-order valence-corrected chi connectivity index (χ1v) is 2.46. The first-order valence-electron chi connectivity index (χ1n) is 1.61. The smallest absolute Gasteiger partial charge is 0.262 e. The molecule has 7 heteroatoms. The van der Waals surface area contributed by atoms with Crippen LogP contribution in [-0.4, -0.2) is 10.4 Å². The summed E-state index contributed by atoms with van der Waals surface area (Å²) in [5.74, 6) is 4.83. The summed E-state index contributed by atoms with van der Waals surface area (Å²) in [5, 5.41) is 0. The number of rotatable bonds is 1. The number of nitrogens with one attached hydrogen (secondary N) is 2. The van der Waals surface area contributed by atoms with Gasteiger partial charge in [-0.3, -0.25) is 5.43 Å². The molecule has 4 N–H and O–H groups in total. The highest BCUT2D eigenvalue weighted by Crippen LogP contribution is 1.79. The number of amides is 2. The maximum atomic E-state index is 10.2. The summed E-state index contributed by atoms with van der Waals surface area (Å²) in [6.07, 6.45) is 0. The van der Waals surface area contributed by atoms with Crippen LogP contribution in [0.25, 0.3) is 0 Å². The molecule has 0 unspecified atom stereocenters. The summed E-state index contributed by atoms with van der Waals surface area (Å²) >= 11 is 6.91. The molecule has 0 aliphatic heterocycles. The molecule has 0 radical (unpaired) electrons. The Morgan fingerprint density at radius 2 is 2.25 bits per heavy atom. The van der Waals surface area contributed by atoms with Crippen molar-refractivity contribution in [1.29, 1.82) is 0 Å². The van der Waals surface area contributed by atoms with E-state index in [1.165, 1.54) is 0 Å². The van der Waals surface area contributed by atoms with Crippen LogP contribution in [-0.2, 0) is 0 Å². The van der Waals surface area contributed by atoms with Crippen LogP contribution >= 0.6 is 25.6 Å². The first kappa shape index (κ1) is 7.89. The summed E-state index contributed by atoms with van der Waals surface area (Å²) in [6.45, 7) is 0. The van der Waals surface area contributed by atoms with Gasteiger partial charge in [-0.2, -0.15) is 4.83 Å². The van der Waals surface area contributed by atoms with Gasteiger partial charge >= 0.3 is 6.03 Å². The Bertz CT molecular complexity index is 84.1. The third-order valence-corrected chi connectivity index (χ3v) is 0.664. The molecule has 2 amide bonds. The molecule has 0 aliphatic rings. The highest BCUT2D eigenvalue weighted by atomic mass is 32.1. The third kappa shape index (κ3) is 2.97. The van der Waals surface area contributed by atoms with Crippen LogP contribution in [0.4, 0.5) is 4.79 Å². The van der Waals surface area contributed by atoms with E-state index in [-0.39, 0.29) is 0 Å². The van der Waals surface area contributed by atoms with E-state index in [1.807, 2.05) is 5.43 Å². The molecule has 0 saturated carbocycles. The molecule has 0 bridgehead atoms. The third-order valence-electron chi connectivity index (χ3n) is 0.371. The van der Waals surface area contributed by atoms with E-state index >= 15 is 0 Å². The Kier molecular flexibility index (Phi) is 3.79. The molecule has 0 saturated heterocycles. The number of nitrogens with zero attached hydrogens (tertiary/aromatic N) is 1. The Morgan fingerprint density at radius 1 is 1.75 bits per heavy atom. The van der Waals surface area contributed by atoms with Gasteiger partial charge < -0.3 is 0 Å². The monoisotopic (exact) mass is 154 g/mol. The highest BCUT2D eigenvalue weighted by molar-refractivity contribution is 7.78. The zero-order chi connectivity index (χ0) is 6.57. The van der Waals surface area contributed by atoms with Gasteiger partial charge in [0.25, 0.3) is 0 Å². The predicted octanol–water partition coefficient (Wildman–Crippen LogP) is -0.934. The second-order valence-corrected chi connectivity index (χ2v) is 1.54. The minimum atomic E-state index is -0.580. The molecule has 0 fully saturated rings. The average molecular weight is 154 g/mol. The normalized spacial score (nSPS) is 8.38. The zero-order valence-electron chi connectivity index (χ0n) is 3.83. The van der Waals surface area contributed by atoms with Gasteiger partial charge in [-0.1, -0.05) is 12.8 Å². The lowest BCUT2D eigenvalue weighted by atomic mass is 11.1. The van der Waals surface area contributed by atoms with Crippen LogP contribution in [0.1, 0.15) is 0 Å². The van der Waals surface area contributed by atoms with Crippen molar-refractivity contribution in [3.8, 4) is 0 Å². The number of hydrazine groups is 2. The van der Waals surface area contributed by atoms with E-state index in [2.05, 4.69) is 30.5 Å². The van der Waals surface area contributed by atoms with E-state index in [4.69, 9.17) is 5.84 Å². The molecule has 48 valence electrons. The van der Waals surface area contributed by atoms with Crippen LogP contribution in [0.2, 0.25) is 0 Å². The summed E-state index contributed by atoms with van der Waals surface area (Å²) < 4.78 is 0.587. The molecule has 0 heterocycles. The molecule has 0 atom stereocenters. The Morgan fingerprint density at radius 3 is 2.38 bits per heavy atom. The van der Waals surface area contributed by atoms with Gasteiger partial charge in [0.05, 0.1) is 0 Å². The molecule has 5 nitrogen and oxygen atoms in total. The second kappa shape index (κ2) is 3.84. The Balaban J connectivity index is 3.33. The van der Waals surface area contributed by atoms with E-state index < -0.39 is 6.03 Å². The number of thiol groups is 2. The summed E-state index contributed by atoms with van der Waals surface area (Å²) in [6, 6.07) is -0.580. The molecule has 0 aliphatic carbocycles. The van der Waals surface area contributed by atoms with Crippen LogP contribution in [0.3, 0.4) is 0 Å². The van der Waals surface area contributed by atoms with Gasteiger partial charge in [-0.25, -0.2) is 15.1 Å². The van der Waals surface area contributed by atoms with Gasteiger partial charge in [0.1, 0.15) is 0 Å². The lowest BCUT2D eigenvalue weighted by Crippen LogP contribution is -2.42. The van der Waals surface area contributed by atoms with E-state index in [9.17, 15) is 4.79 Å². The van der Waals surface area contributed by atoms with Crippen LogP contribution in [0, 0.1) is 0 Å². The van der Waals surface area contributed by atoms with Crippen molar-refractivity contribution in [1.82, 2.24) is 14.7 Å². The molecule has 0 rings (SSSR count). The number of urea groups is 1. The van der Waals surface area contributed by atoms with E-state index in [1.54, 1.807) is 0 Å². The van der Waals surface area contributed by atoms with Crippen molar-refractivity contribution in [3.05, 3.63) is 0 Å². The number of hydrogen-bond acceptors (Lipinski definition) is 5. The van der Waals surface area contributed by atoms with Crippen molar-refractivity contribution < 1.29 is 4.79 Å².